The summed E-state index contributed by atoms with van der Waals surface area (Å²) in [6.07, 6.45) is 0.835. The highest BCUT2D eigenvalue weighted by atomic mass is 35.5. The fraction of sp³-hybridized carbons (Fsp3) is 0.318. The summed E-state index contributed by atoms with van der Waals surface area (Å²) in [5.41, 5.74) is 0.679. The quantitative estimate of drug-likeness (QED) is 0.698. The number of carbonyl (C=O) groups is 3. The molecule has 0 aliphatic carbocycles. The van der Waals surface area contributed by atoms with Crippen LogP contribution in [0.1, 0.15) is 37.4 Å². The van der Waals surface area contributed by atoms with Crippen molar-refractivity contribution in [3.05, 3.63) is 70.7 Å². The van der Waals surface area contributed by atoms with Gasteiger partial charge in [-0.15, -0.1) is 0 Å². The van der Waals surface area contributed by atoms with Gasteiger partial charge in [0.25, 0.3) is 0 Å². The van der Waals surface area contributed by atoms with Gasteiger partial charge in [0.05, 0.1) is 11.5 Å². The second kappa shape index (κ2) is 8.25. The number of likely N-dealkylation sites (tertiary alicyclic amines) is 1. The zero-order valence-corrected chi connectivity index (χ0v) is 17.0. The monoisotopic (exact) mass is 414 g/mol. The van der Waals surface area contributed by atoms with Crippen LogP contribution in [0.5, 0.6) is 0 Å². The number of carbonyl (C=O) groups excluding carboxylic acids is 2. The highest BCUT2D eigenvalue weighted by molar-refractivity contribution is 6.30. The largest absolute Gasteiger partial charge is 0.480 e. The van der Waals surface area contributed by atoms with Gasteiger partial charge in [-0.25, -0.2) is 14.5 Å². The van der Waals surface area contributed by atoms with E-state index >= 15 is 0 Å². The molecular formula is C22H23ClN2O4. The number of aliphatic carboxylic acids is 1. The summed E-state index contributed by atoms with van der Waals surface area (Å²) < 4.78 is 0. The lowest BCUT2D eigenvalue weighted by atomic mass is 9.68. The van der Waals surface area contributed by atoms with Crippen molar-refractivity contribution in [3.63, 3.8) is 0 Å². The number of amides is 3. The molecule has 6 nitrogen and oxygen atoms in total. The summed E-state index contributed by atoms with van der Waals surface area (Å²) >= 11 is 5.88. The highest BCUT2D eigenvalue weighted by Crippen LogP contribution is 2.43. The number of nitrogens with one attached hydrogen (secondary N) is 1. The minimum absolute atomic E-state index is 0.322. The van der Waals surface area contributed by atoms with Gasteiger partial charge in [-0.2, -0.15) is 0 Å². The van der Waals surface area contributed by atoms with Gasteiger partial charge in [0.15, 0.2) is 6.04 Å². The second-order valence-electron chi connectivity index (χ2n) is 7.54. The Morgan fingerprint density at radius 3 is 2.38 bits per heavy atom. The van der Waals surface area contributed by atoms with E-state index in [4.69, 9.17) is 11.6 Å². The maximum absolute atomic E-state index is 12.8. The van der Waals surface area contributed by atoms with Crippen LogP contribution in [0.2, 0.25) is 5.02 Å². The van der Waals surface area contributed by atoms with Crippen molar-refractivity contribution in [2.45, 2.75) is 38.8 Å². The van der Waals surface area contributed by atoms with E-state index in [1.807, 2.05) is 42.5 Å². The third-order valence-corrected chi connectivity index (χ3v) is 5.76. The fourth-order valence-electron chi connectivity index (χ4n) is 3.70. The summed E-state index contributed by atoms with van der Waals surface area (Å²) in [7, 11) is 0. The molecule has 1 heterocycles. The Kier molecular flexibility index (Phi) is 5.94. The van der Waals surface area contributed by atoms with Crippen molar-refractivity contribution in [1.82, 2.24) is 10.2 Å². The minimum atomic E-state index is -1.20. The molecule has 2 N–H and O–H groups in total. The molecule has 0 aromatic heterocycles. The van der Waals surface area contributed by atoms with E-state index in [9.17, 15) is 19.5 Å². The minimum Gasteiger partial charge on any atom is -0.480 e. The van der Waals surface area contributed by atoms with Crippen LogP contribution in [0.4, 0.5) is 4.79 Å². The van der Waals surface area contributed by atoms with E-state index in [0.29, 0.717) is 17.9 Å². The molecule has 3 amide bonds. The number of imide groups is 1. The van der Waals surface area contributed by atoms with Crippen molar-refractivity contribution in [2.24, 2.45) is 5.41 Å². The molecule has 1 aliphatic rings. The predicted molar refractivity (Wildman–Crippen MR) is 110 cm³/mol. The van der Waals surface area contributed by atoms with Crippen LogP contribution in [0.3, 0.4) is 0 Å². The lowest BCUT2D eigenvalue weighted by Crippen LogP contribution is -2.73. The molecule has 0 bridgehead atoms. The van der Waals surface area contributed by atoms with Crippen molar-refractivity contribution in [3.8, 4) is 0 Å². The second-order valence-corrected chi connectivity index (χ2v) is 7.98. The molecule has 3 atom stereocenters. The number of carboxylic acids is 1. The Morgan fingerprint density at radius 2 is 1.79 bits per heavy atom. The van der Waals surface area contributed by atoms with Crippen molar-refractivity contribution < 1.29 is 19.5 Å². The summed E-state index contributed by atoms with van der Waals surface area (Å²) in [6, 6.07) is 14.2. The van der Waals surface area contributed by atoms with Gasteiger partial charge in [0, 0.05) is 5.02 Å². The Hall–Kier alpha value is -2.86. The summed E-state index contributed by atoms with van der Waals surface area (Å²) in [4.78, 5) is 38.2. The van der Waals surface area contributed by atoms with Gasteiger partial charge in [-0.3, -0.25) is 4.79 Å². The van der Waals surface area contributed by atoms with E-state index in [1.54, 1.807) is 26.0 Å². The van der Waals surface area contributed by atoms with Crippen molar-refractivity contribution in [1.29, 1.82) is 0 Å². The number of benzene rings is 2. The average Bonchev–Trinajstić information content (AvgIpc) is 2.70. The van der Waals surface area contributed by atoms with Gasteiger partial charge < -0.3 is 10.4 Å². The summed E-state index contributed by atoms with van der Waals surface area (Å²) in [5.74, 6) is -1.66. The van der Waals surface area contributed by atoms with Crippen molar-refractivity contribution in [2.75, 3.05) is 0 Å². The zero-order valence-electron chi connectivity index (χ0n) is 16.3. The molecule has 0 saturated carbocycles. The van der Waals surface area contributed by atoms with Gasteiger partial charge in [-0.05, 0) is 49.9 Å². The normalized spacial score (nSPS) is 22.0. The molecular weight excluding hydrogens is 392 g/mol. The molecule has 1 aliphatic heterocycles. The standard InChI is InChI=1S/C22H23ClN2O4/c1-14(16-6-4-3-5-7-16)24-21(29)25-18(19(26)27)22(2,20(25)28)13-12-15-8-10-17(23)11-9-15/h3-11,14,18H,12-13H2,1-2H3,(H,24,29)(H,26,27). The number of carboxylic acid groups (broad SMARTS) is 1. The Morgan fingerprint density at radius 1 is 1.17 bits per heavy atom. The number of rotatable bonds is 6. The van der Waals surface area contributed by atoms with Crippen LogP contribution >= 0.6 is 11.6 Å². The van der Waals surface area contributed by atoms with Crippen LogP contribution in [0, 0.1) is 5.41 Å². The van der Waals surface area contributed by atoms with Crippen LogP contribution in [-0.4, -0.2) is 34.0 Å². The first kappa shape index (κ1) is 20.9. The van der Waals surface area contributed by atoms with Crippen LogP contribution in [0.15, 0.2) is 54.6 Å². The van der Waals surface area contributed by atoms with E-state index in [-0.39, 0.29) is 6.04 Å². The van der Waals surface area contributed by atoms with Crippen LogP contribution in [0.25, 0.3) is 0 Å². The predicted octanol–water partition coefficient (Wildman–Crippen LogP) is 4.05. The number of urea groups is 1. The number of β-lactam (4-membered cyclic amide) rings is 1. The molecule has 7 heteroatoms. The first-order valence-corrected chi connectivity index (χ1v) is 9.78. The van der Waals surface area contributed by atoms with Crippen molar-refractivity contribution >= 4 is 29.5 Å². The molecule has 2 aromatic rings. The molecule has 2 aromatic carbocycles. The number of hydrogen-bond donors (Lipinski definition) is 2. The molecule has 1 fully saturated rings. The topological polar surface area (TPSA) is 86.7 Å². The maximum atomic E-state index is 12.8. The van der Waals surface area contributed by atoms with E-state index in [0.717, 1.165) is 16.0 Å². The first-order chi connectivity index (χ1) is 13.7. The molecule has 152 valence electrons. The fourth-order valence-corrected chi connectivity index (χ4v) is 3.83. The molecule has 0 radical (unpaired) electrons. The Balaban J connectivity index is 1.70. The maximum Gasteiger partial charge on any atom is 0.328 e. The number of nitrogens with zero attached hydrogens (tertiary/aromatic N) is 1. The van der Waals surface area contributed by atoms with E-state index in [2.05, 4.69) is 5.32 Å². The summed E-state index contributed by atoms with van der Waals surface area (Å²) in [6.45, 7) is 3.39. The highest BCUT2D eigenvalue weighted by Gasteiger charge is 2.63. The molecule has 3 unspecified atom stereocenters. The number of halogens is 1. The van der Waals surface area contributed by atoms with Crippen LogP contribution < -0.4 is 5.32 Å². The lowest BCUT2D eigenvalue weighted by Gasteiger charge is -2.50. The van der Waals surface area contributed by atoms with Crippen LogP contribution in [-0.2, 0) is 16.0 Å². The van der Waals surface area contributed by atoms with E-state index < -0.39 is 29.4 Å². The van der Waals surface area contributed by atoms with Gasteiger partial charge in [-0.1, -0.05) is 54.1 Å². The van der Waals surface area contributed by atoms with E-state index in [1.165, 1.54) is 0 Å². The first-order valence-electron chi connectivity index (χ1n) is 9.40. The van der Waals surface area contributed by atoms with Gasteiger partial charge >= 0.3 is 12.0 Å². The molecule has 3 rings (SSSR count). The lowest BCUT2D eigenvalue weighted by molar-refractivity contribution is -0.177. The zero-order chi connectivity index (χ0) is 21.2. The molecule has 0 spiro atoms. The third-order valence-electron chi connectivity index (χ3n) is 5.51. The molecule has 1 saturated heterocycles. The number of aryl methyl sites for hydroxylation is 1. The Labute approximate surface area is 174 Å². The number of hydrogen-bond acceptors (Lipinski definition) is 3. The van der Waals surface area contributed by atoms with Gasteiger partial charge in [0.1, 0.15) is 0 Å². The Bertz CT molecular complexity index is 916. The van der Waals surface area contributed by atoms with Gasteiger partial charge in [0.2, 0.25) is 5.91 Å². The SMILES string of the molecule is CC(NC(=O)N1C(=O)C(C)(CCc2ccc(Cl)cc2)C1C(=O)O)c1ccccc1. The third kappa shape index (κ3) is 4.12. The molecule has 29 heavy (non-hydrogen) atoms. The smallest absolute Gasteiger partial charge is 0.328 e. The average molecular weight is 415 g/mol. The summed E-state index contributed by atoms with van der Waals surface area (Å²) in [5, 5.41) is 13.0.